The summed E-state index contributed by atoms with van der Waals surface area (Å²) in [4.78, 5) is 14.2. The maximum absolute atomic E-state index is 12.1. The number of anilines is 2. The second-order valence-corrected chi connectivity index (χ2v) is 5.68. The molecule has 0 unspecified atom stereocenters. The lowest BCUT2D eigenvalue weighted by Gasteiger charge is -2.22. The summed E-state index contributed by atoms with van der Waals surface area (Å²) < 4.78 is 0. The van der Waals surface area contributed by atoms with Crippen molar-refractivity contribution in [3.63, 3.8) is 0 Å². The summed E-state index contributed by atoms with van der Waals surface area (Å²) in [5.41, 5.74) is 1.70. The quantitative estimate of drug-likeness (QED) is 0.817. The largest absolute Gasteiger partial charge is 0.371 e. The zero-order chi connectivity index (χ0) is 15.9. The van der Waals surface area contributed by atoms with E-state index in [4.69, 9.17) is 23.2 Å². The first kappa shape index (κ1) is 16.7. The Morgan fingerprint density at radius 1 is 1.14 bits per heavy atom. The highest BCUT2D eigenvalue weighted by atomic mass is 35.5. The Hall–Kier alpha value is -1.71. The third kappa shape index (κ3) is 4.65. The second kappa shape index (κ2) is 8.06. The summed E-state index contributed by atoms with van der Waals surface area (Å²) in [6.07, 6.45) is 0.391. The lowest BCUT2D eigenvalue weighted by molar-refractivity contribution is -0.116. The third-order valence-electron chi connectivity index (χ3n) is 3.32. The molecule has 3 nitrogen and oxygen atoms in total. The minimum atomic E-state index is -0.0707. The molecule has 0 aromatic heterocycles. The second-order valence-electron chi connectivity index (χ2n) is 4.84. The van der Waals surface area contributed by atoms with Gasteiger partial charge in [0.25, 0.3) is 0 Å². The minimum Gasteiger partial charge on any atom is -0.371 e. The Kier molecular flexibility index (Phi) is 6.10. The standard InChI is InChI=1S/C17H18Cl2N2O/c1-2-21(14-6-4-3-5-7-14)11-10-17(22)20-16-9-8-13(18)12-15(16)19/h3-9,12H,2,10-11H2,1H3,(H,20,22). The van der Waals surface area contributed by atoms with Crippen molar-refractivity contribution in [3.8, 4) is 0 Å². The minimum absolute atomic E-state index is 0.0707. The first-order valence-electron chi connectivity index (χ1n) is 7.15. The molecule has 2 aromatic carbocycles. The number of benzene rings is 2. The van der Waals surface area contributed by atoms with Crippen LogP contribution >= 0.6 is 23.2 Å². The van der Waals surface area contributed by atoms with Gasteiger partial charge in [0.2, 0.25) is 5.91 Å². The molecule has 0 aliphatic heterocycles. The van der Waals surface area contributed by atoms with Crippen molar-refractivity contribution in [2.24, 2.45) is 0 Å². The molecule has 0 bridgehead atoms. The van der Waals surface area contributed by atoms with E-state index in [1.807, 2.05) is 30.3 Å². The SMILES string of the molecule is CCN(CCC(=O)Nc1ccc(Cl)cc1Cl)c1ccccc1. The molecule has 0 aliphatic carbocycles. The molecular weight excluding hydrogens is 319 g/mol. The lowest BCUT2D eigenvalue weighted by atomic mass is 10.2. The predicted octanol–water partition coefficient (Wildman–Crippen LogP) is 4.85. The molecule has 0 fully saturated rings. The Labute approximate surface area is 140 Å². The van der Waals surface area contributed by atoms with Gasteiger partial charge in [-0.05, 0) is 37.3 Å². The summed E-state index contributed by atoms with van der Waals surface area (Å²) in [5, 5.41) is 3.80. The fraction of sp³-hybridized carbons (Fsp3) is 0.235. The van der Waals surface area contributed by atoms with Gasteiger partial charge < -0.3 is 10.2 Å². The van der Waals surface area contributed by atoms with Crippen molar-refractivity contribution in [1.29, 1.82) is 0 Å². The van der Waals surface area contributed by atoms with Crippen molar-refractivity contribution >= 4 is 40.5 Å². The molecule has 2 aromatic rings. The summed E-state index contributed by atoms with van der Waals surface area (Å²) in [5.74, 6) is -0.0707. The van der Waals surface area contributed by atoms with Gasteiger partial charge >= 0.3 is 0 Å². The van der Waals surface area contributed by atoms with Crippen LogP contribution in [-0.2, 0) is 4.79 Å². The Morgan fingerprint density at radius 3 is 2.50 bits per heavy atom. The van der Waals surface area contributed by atoms with Gasteiger partial charge in [0.05, 0.1) is 10.7 Å². The van der Waals surface area contributed by atoms with E-state index < -0.39 is 0 Å². The molecular formula is C17H18Cl2N2O. The number of hydrogen-bond acceptors (Lipinski definition) is 2. The van der Waals surface area contributed by atoms with Crippen LogP contribution < -0.4 is 10.2 Å². The van der Waals surface area contributed by atoms with Crippen LogP contribution in [0, 0.1) is 0 Å². The van der Waals surface area contributed by atoms with Gasteiger partial charge in [-0.1, -0.05) is 41.4 Å². The van der Waals surface area contributed by atoms with Crippen LogP contribution in [0.3, 0.4) is 0 Å². The monoisotopic (exact) mass is 336 g/mol. The molecule has 0 aliphatic rings. The average Bonchev–Trinajstić information content (AvgIpc) is 2.52. The van der Waals surface area contributed by atoms with Crippen LogP contribution in [0.2, 0.25) is 10.0 Å². The number of nitrogens with one attached hydrogen (secondary N) is 1. The highest BCUT2D eigenvalue weighted by molar-refractivity contribution is 6.36. The molecule has 0 heterocycles. The van der Waals surface area contributed by atoms with E-state index in [9.17, 15) is 4.79 Å². The van der Waals surface area contributed by atoms with Crippen LogP contribution in [0.4, 0.5) is 11.4 Å². The van der Waals surface area contributed by atoms with Crippen molar-refractivity contribution < 1.29 is 4.79 Å². The Balaban J connectivity index is 1.92. The van der Waals surface area contributed by atoms with Crippen molar-refractivity contribution in [3.05, 3.63) is 58.6 Å². The maximum atomic E-state index is 12.1. The molecule has 0 saturated carbocycles. The third-order valence-corrected chi connectivity index (χ3v) is 3.86. The fourth-order valence-corrected chi connectivity index (χ4v) is 2.60. The van der Waals surface area contributed by atoms with Gasteiger partial charge in [-0.2, -0.15) is 0 Å². The molecule has 1 N–H and O–H groups in total. The number of rotatable bonds is 6. The number of hydrogen-bond donors (Lipinski definition) is 1. The van der Waals surface area contributed by atoms with E-state index in [0.29, 0.717) is 28.7 Å². The zero-order valence-corrected chi connectivity index (χ0v) is 13.9. The summed E-state index contributed by atoms with van der Waals surface area (Å²) >= 11 is 11.9. The summed E-state index contributed by atoms with van der Waals surface area (Å²) in [6, 6.07) is 15.1. The number of amides is 1. The van der Waals surface area contributed by atoms with Gasteiger partial charge in [0.1, 0.15) is 0 Å². The van der Waals surface area contributed by atoms with Gasteiger partial charge in [-0.25, -0.2) is 0 Å². The topological polar surface area (TPSA) is 32.3 Å². The normalized spacial score (nSPS) is 10.3. The van der Waals surface area contributed by atoms with E-state index in [-0.39, 0.29) is 5.91 Å². The van der Waals surface area contributed by atoms with Crippen molar-refractivity contribution in [2.45, 2.75) is 13.3 Å². The van der Waals surface area contributed by atoms with Crippen LogP contribution in [-0.4, -0.2) is 19.0 Å². The predicted molar refractivity (Wildman–Crippen MR) is 94.0 cm³/mol. The first-order chi connectivity index (χ1) is 10.6. The Morgan fingerprint density at radius 2 is 1.86 bits per heavy atom. The molecule has 0 atom stereocenters. The molecule has 5 heteroatoms. The maximum Gasteiger partial charge on any atom is 0.226 e. The Bertz CT molecular complexity index is 632. The van der Waals surface area contributed by atoms with Gasteiger partial charge in [-0.3, -0.25) is 4.79 Å². The van der Waals surface area contributed by atoms with E-state index in [0.717, 1.165) is 12.2 Å². The molecule has 116 valence electrons. The van der Waals surface area contributed by atoms with E-state index in [2.05, 4.69) is 17.1 Å². The fourth-order valence-electron chi connectivity index (χ4n) is 2.15. The molecule has 22 heavy (non-hydrogen) atoms. The highest BCUT2D eigenvalue weighted by Gasteiger charge is 2.09. The number of carbonyl (C=O) groups excluding carboxylic acids is 1. The summed E-state index contributed by atoms with van der Waals surface area (Å²) in [6.45, 7) is 3.57. The van der Waals surface area contributed by atoms with Crippen molar-refractivity contribution in [2.75, 3.05) is 23.3 Å². The van der Waals surface area contributed by atoms with Crippen LogP contribution in [0.25, 0.3) is 0 Å². The first-order valence-corrected chi connectivity index (χ1v) is 7.90. The number of halogens is 2. The van der Waals surface area contributed by atoms with E-state index in [1.54, 1.807) is 18.2 Å². The van der Waals surface area contributed by atoms with Gasteiger partial charge in [0, 0.05) is 30.2 Å². The molecule has 1 amide bonds. The molecule has 0 spiro atoms. The van der Waals surface area contributed by atoms with Crippen LogP contribution in [0.5, 0.6) is 0 Å². The smallest absolute Gasteiger partial charge is 0.226 e. The average molecular weight is 337 g/mol. The van der Waals surface area contributed by atoms with Crippen molar-refractivity contribution in [1.82, 2.24) is 0 Å². The molecule has 2 rings (SSSR count). The molecule has 0 saturated heterocycles. The zero-order valence-electron chi connectivity index (χ0n) is 12.4. The van der Waals surface area contributed by atoms with Gasteiger partial charge in [0.15, 0.2) is 0 Å². The van der Waals surface area contributed by atoms with Crippen LogP contribution in [0.15, 0.2) is 48.5 Å². The summed E-state index contributed by atoms with van der Waals surface area (Å²) in [7, 11) is 0. The van der Waals surface area contributed by atoms with Gasteiger partial charge in [-0.15, -0.1) is 0 Å². The number of carbonyl (C=O) groups is 1. The molecule has 0 radical (unpaired) electrons. The van der Waals surface area contributed by atoms with E-state index >= 15 is 0 Å². The van der Waals surface area contributed by atoms with E-state index in [1.165, 1.54) is 0 Å². The number of nitrogens with zero attached hydrogens (tertiary/aromatic N) is 1. The lowest BCUT2D eigenvalue weighted by Crippen LogP contribution is -2.27. The highest BCUT2D eigenvalue weighted by Crippen LogP contribution is 2.25. The van der Waals surface area contributed by atoms with Crippen LogP contribution in [0.1, 0.15) is 13.3 Å². The number of para-hydroxylation sites is 1.